The average Bonchev–Trinajstić information content (AvgIpc) is 2.81. The first-order valence-corrected chi connectivity index (χ1v) is 8.64. The fourth-order valence-corrected chi connectivity index (χ4v) is 3.57. The van der Waals surface area contributed by atoms with Gasteiger partial charge in [0.1, 0.15) is 11.3 Å². The molecule has 0 radical (unpaired) electrons. The number of hydrogen-bond acceptors (Lipinski definition) is 3. The zero-order valence-corrected chi connectivity index (χ0v) is 15.8. The minimum absolute atomic E-state index is 0.0590. The van der Waals surface area contributed by atoms with Crippen molar-refractivity contribution in [3.8, 4) is 5.75 Å². The Balaban J connectivity index is 1.99. The second-order valence-electron chi connectivity index (χ2n) is 4.94. The normalized spacial score (nSPS) is 16.0. The highest BCUT2D eigenvalue weighted by molar-refractivity contribution is 9.11. The van der Waals surface area contributed by atoms with Gasteiger partial charge < -0.3 is 5.11 Å². The van der Waals surface area contributed by atoms with Crippen LogP contribution in [0.2, 0.25) is 5.02 Å². The second kappa shape index (κ2) is 6.58. The third-order valence-corrected chi connectivity index (χ3v) is 4.65. The largest absolute Gasteiger partial charge is 0.506 e. The van der Waals surface area contributed by atoms with E-state index in [1.165, 1.54) is 6.08 Å². The van der Waals surface area contributed by atoms with Crippen LogP contribution in [0.3, 0.4) is 0 Å². The molecule has 0 bridgehead atoms. The number of nitrogens with zero attached hydrogens (tertiary/aromatic N) is 1. The quantitative estimate of drug-likeness (QED) is 0.512. The van der Waals surface area contributed by atoms with Gasteiger partial charge in [-0.25, -0.2) is 5.01 Å². The predicted molar refractivity (Wildman–Crippen MR) is 98.6 cm³/mol. The summed E-state index contributed by atoms with van der Waals surface area (Å²) in [6, 6.07) is 9.75. The van der Waals surface area contributed by atoms with Crippen LogP contribution in [0.15, 0.2) is 50.9 Å². The van der Waals surface area contributed by atoms with Crippen LogP contribution in [0.5, 0.6) is 5.75 Å². The topological polar surface area (TPSA) is 69.6 Å². The first-order valence-electron chi connectivity index (χ1n) is 6.67. The summed E-state index contributed by atoms with van der Waals surface area (Å²) in [5.74, 6) is -1.13. The van der Waals surface area contributed by atoms with Gasteiger partial charge in [0.05, 0.1) is 10.2 Å². The molecule has 0 spiro atoms. The maximum atomic E-state index is 12.5. The summed E-state index contributed by atoms with van der Waals surface area (Å²) in [6.45, 7) is 0. The molecule has 2 amide bonds. The molecular formula is C16H9Br2ClN2O3. The van der Waals surface area contributed by atoms with Gasteiger partial charge in [0.2, 0.25) is 0 Å². The number of hydrazine groups is 1. The lowest BCUT2D eigenvalue weighted by molar-refractivity contribution is -0.117. The van der Waals surface area contributed by atoms with E-state index in [1.54, 1.807) is 36.4 Å². The van der Waals surface area contributed by atoms with E-state index in [0.29, 0.717) is 25.2 Å². The first kappa shape index (κ1) is 17.0. The molecule has 2 aromatic rings. The highest BCUT2D eigenvalue weighted by Crippen LogP contribution is 2.34. The molecule has 2 N–H and O–H groups in total. The summed E-state index contributed by atoms with van der Waals surface area (Å²) < 4.78 is 1.14. The lowest BCUT2D eigenvalue weighted by Gasteiger charge is -2.14. The van der Waals surface area contributed by atoms with Crippen molar-refractivity contribution >= 4 is 67.0 Å². The van der Waals surface area contributed by atoms with Crippen molar-refractivity contribution in [1.82, 2.24) is 5.43 Å². The zero-order chi connectivity index (χ0) is 17.4. The number of hydrogen-bond donors (Lipinski definition) is 2. The highest BCUT2D eigenvalue weighted by Gasteiger charge is 2.34. The summed E-state index contributed by atoms with van der Waals surface area (Å²) >= 11 is 12.3. The van der Waals surface area contributed by atoms with Crippen molar-refractivity contribution < 1.29 is 14.7 Å². The number of halogens is 3. The number of carbonyl (C=O) groups is 2. The number of amides is 2. The van der Waals surface area contributed by atoms with Crippen LogP contribution in [-0.2, 0) is 9.59 Å². The molecule has 1 heterocycles. The molecule has 5 nitrogen and oxygen atoms in total. The van der Waals surface area contributed by atoms with Crippen molar-refractivity contribution in [2.75, 3.05) is 5.01 Å². The molecule has 8 heteroatoms. The SMILES string of the molecule is O=C1NN(c2ccc(Cl)cc2)C(=O)C1=Cc1cc(Br)cc(Br)c1O. The molecule has 0 aromatic heterocycles. The van der Waals surface area contributed by atoms with Gasteiger partial charge in [-0.05, 0) is 58.4 Å². The van der Waals surface area contributed by atoms with Gasteiger partial charge in [0, 0.05) is 15.1 Å². The van der Waals surface area contributed by atoms with Crippen molar-refractivity contribution in [3.05, 3.63) is 61.5 Å². The zero-order valence-electron chi connectivity index (χ0n) is 11.9. The third kappa shape index (κ3) is 3.19. The summed E-state index contributed by atoms with van der Waals surface area (Å²) in [5, 5.41) is 11.7. The fraction of sp³-hybridized carbons (Fsp3) is 0. The van der Waals surface area contributed by atoms with E-state index >= 15 is 0 Å². The molecule has 3 rings (SSSR count). The molecule has 1 saturated heterocycles. The summed E-state index contributed by atoms with van der Waals surface area (Å²) in [4.78, 5) is 24.7. The Hall–Kier alpha value is -1.83. The van der Waals surface area contributed by atoms with Crippen LogP contribution in [-0.4, -0.2) is 16.9 Å². The summed E-state index contributed by atoms with van der Waals surface area (Å²) in [7, 11) is 0. The molecular weight excluding hydrogens is 463 g/mol. The monoisotopic (exact) mass is 470 g/mol. The predicted octanol–water partition coefficient (Wildman–Crippen LogP) is 4.03. The van der Waals surface area contributed by atoms with Crippen LogP contribution in [0.4, 0.5) is 5.69 Å². The fourth-order valence-electron chi connectivity index (χ4n) is 2.18. The lowest BCUT2D eigenvalue weighted by atomic mass is 10.1. The van der Waals surface area contributed by atoms with Crippen molar-refractivity contribution in [3.63, 3.8) is 0 Å². The molecule has 2 aromatic carbocycles. The number of carbonyl (C=O) groups excluding carboxylic acids is 2. The smallest absolute Gasteiger partial charge is 0.282 e. The lowest BCUT2D eigenvalue weighted by Crippen LogP contribution is -2.35. The minimum atomic E-state index is -0.551. The molecule has 0 unspecified atom stereocenters. The van der Waals surface area contributed by atoms with Crippen molar-refractivity contribution in [2.24, 2.45) is 0 Å². The third-order valence-electron chi connectivity index (χ3n) is 3.33. The van der Waals surface area contributed by atoms with Gasteiger partial charge in [0.15, 0.2) is 0 Å². The molecule has 0 aliphatic carbocycles. The Labute approximate surface area is 159 Å². The van der Waals surface area contributed by atoms with Crippen molar-refractivity contribution in [1.29, 1.82) is 0 Å². The molecule has 0 saturated carbocycles. The van der Waals surface area contributed by atoms with E-state index in [9.17, 15) is 14.7 Å². The van der Waals surface area contributed by atoms with Crippen LogP contribution in [0.1, 0.15) is 5.56 Å². The second-order valence-corrected chi connectivity index (χ2v) is 7.15. The Bertz CT molecular complexity index is 882. The van der Waals surface area contributed by atoms with Crippen LogP contribution < -0.4 is 10.4 Å². The number of phenolic OH excluding ortho intramolecular Hbond substituents is 1. The summed E-state index contributed by atoms with van der Waals surface area (Å²) in [5.41, 5.74) is 3.24. The Kier molecular flexibility index (Phi) is 4.67. The van der Waals surface area contributed by atoms with Gasteiger partial charge in [-0.2, -0.15) is 0 Å². The van der Waals surface area contributed by atoms with Crippen molar-refractivity contribution in [2.45, 2.75) is 0 Å². The number of anilines is 1. The first-order chi connectivity index (χ1) is 11.4. The highest BCUT2D eigenvalue weighted by atomic mass is 79.9. The number of aromatic hydroxyl groups is 1. The minimum Gasteiger partial charge on any atom is -0.506 e. The summed E-state index contributed by atoms with van der Waals surface area (Å²) in [6.07, 6.45) is 1.35. The van der Waals surface area contributed by atoms with E-state index in [4.69, 9.17) is 11.6 Å². The van der Waals surface area contributed by atoms with Gasteiger partial charge in [-0.15, -0.1) is 0 Å². The average molecular weight is 473 g/mol. The van der Waals surface area contributed by atoms with E-state index in [2.05, 4.69) is 37.3 Å². The Morgan fingerprint density at radius 1 is 1.12 bits per heavy atom. The van der Waals surface area contributed by atoms with E-state index < -0.39 is 11.8 Å². The Morgan fingerprint density at radius 2 is 1.79 bits per heavy atom. The molecule has 1 fully saturated rings. The number of rotatable bonds is 2. The van der Waals surface area contributed by atoms with Crippen LogP contribution >= 0.6 is 43.5 Å². The number of benzene rings is 2. The van der Waals surface area contributed by atoms with Gasteiger partial charge in [-0.1, -0.05) is 27.5 Å². The molecule has 24 heavy (non-hydrogen) atoms. The Morgan fingerprint density at radius 3 is 2.46 bits per heavy atom. The van der Waals surface area contributed by atoms with Crippen LogP contribution in [0.25, 0.3) is 6.08 Å². The van der Waals surface area contributed by atoms with E-state index in [0.717, 1.165) is 5.01 Å². The van der Waals surface area contributed by atoms with Crippen LogP contribution in [0, 0.1) is 0 Å². The molecule has 0 atom stereocenters. The number of phenols is 1. The molecule has 1 aliphatic rings. The standard InChI is InChI=1S/C16H9Br2ClN2O3/c17-9-5-8(14(22)13(18)7-9)6-12-15(23)20-21(16(12)24)11-3-1-10(19)2-4-11/h1-7,22H,(H,20,23). The number of nitrogens with one attached hydrogen (secondary N) is 1. The van der Waals surface area contributed by atoms with E-state index in [-0.39, 0.29) is 11.3 Å². The van der Waals surface area contributed by atoms with Gasteiger partial charge in [-0.3, -0.25) is 15.0 Å². The maximum Gasteiger partial charge on any atom is 0.282 e. The molecule has 1 aliphatic heterocycles. The van der Waals surface area contributed by atoms with Gasteiger partial charge in [0.25, 0.3) is 11.8 Å². The van der Waals surface area contributed by atoms with Gasteiger partial charge >= 0.3 is 0 Å². The molecule has 122 valence electrons. The maximum absolute atomic E-state index is 12.5. The van der Waals surface area contributed by atoms with E-state index in [1.807, 2.05) is 0 Å².